The molecule has 0 unspecified atom stereocenters. The van der Waals surface area contributed by atoms with Crippen molar-refractivity contribution in [3.8, 4) is 0 Å². The topological polar surface area (TPSA) is 88.2 Å². The molecule has 1 heterocycles. The molecule has 1 rings (SSSR count). The van der Waals surface area contributed by atoms with Crippen LogP contribution in [0.3, 0.4) is 0 Å². The van der Waals surface area contributed by atoms with E-state index in [-0.39, 0.29) is 12.5 Å². The number of nitrogens with one attached hydrogen (secondary N) is 2. The lowest BCUT2D eigenvalue weighted by Crippen LogP contribution is -2.44. The van der Waals surface area contributed by atoms with Crippen LogP contribution < -0.4 is 10.6 Å². The molecule has 0 aromatic carbocycles. The Morgan fingerprint density at radius 2 is 1.26 bits per heavy atom. The summed E-state index contributed by atoms with van der Waals surface area (Å²) in [6.07, 6.45) is 0. The van der Waals surface area contributed by atoms with E-state index in [0.717, 1.165) is 39.3 Å². The predicted octanol–water partition coefficient (Wildman–Crippen LogP) is 0.399. The summed E-state index contributed by atoms with van der Waals surface area (Å²) in [6.45, 7) is 17.6. The summed E-state index contributed by atoms with van der Waals surface area (Å²) in [5, 5.41) is 14.9. The smallest absolute Gasteiger partial charge is 0.317 e. The van der Waals surface area contributed by atoms with E-state index >= 15 is 0 Å². The summed E-state index contributed by atoms with van der Waals surface area (Å²) in [5.41, 5.74) is 0. The minimum absolute atomic E-state index is 0.0207. The summed E-state index contributed by atoms with van der Waals surface area (Å²) < 4.78 is 0. The number of hydrogen-bond donors (Lipinski definition) is 3. The molecule has 0 atom stereocenters. The quantitative estimate of drug-likeness (QED) is 0.518. The van der Waals surface area contributed by atoms with Crippen molar-refractivity contribution < 1.29 is 14.7 Å². The molecule has 1 amide bonds. The second-order valence-corrected chi connectivity index (χ2v) is 5.83. The van der Waals surface area contributed by atoms with Crippen molar-refractivity contribution in [2.45, 2.75) is 34.6 Å². The molecule has 0 aromatic heterocycles. The van der Waals surface area contributed by atoms with Crippen molar-refractivity contribution in [3.63, 3.8) is 0 Å². The van der Waals surface area contributed by atoms with Gasteiger partial charge in [-0.1, -0.05) is 34.6 Å². The van der Waals surface area contributed by atoms with E-state index in [4.69, 9.17) is 5.11 Å². The Bertz CT molecular complexity index is 369. The Morgan fingerprint density at radius 3 is 1.67 bits per heavy atom. The lowest BCUT2D eigenvalue weighted by molar-refractivity contribution is -0.138. The summed E-state index contributed by atoms with van der Waals surface area (Å²) in [7, 11) is 1.85. The molecule has 27 heavy (non-hydrogen) atoms. The Balaban J connectivity index is 0. The molecule has 0 spiro atoms. The van der Waals surface area contributed by atoms with E-state index in [0.29, 0.717) is 26.2 Å². The summed E-state index contributed by atoms with van der Waals surface area (Å²) >= 11 is 0. The van der Waals surface area contributed by atoms with Crippen LogP contribution in [-0.2, 0) is 9.59 Å². The maximum absolute atomic E-state index is 12.0. The minimum atomic E-state index is -0.802. The van der Waals surface area contributed by atoms with Gasteiger partial charge < -0.3 is 20.6 Å². The van der Waals surface area contributed by atoms with Crippen molar-refractivity contribution in [3.05, 3.63) is 0 Å². The maximum Gasteiger partial charge on any atom is 0.317 e. The number of carbonyl (C=O) groups is 2. The van der Waals surface area contributed by atoms with E-state index in [1.165, 1.54) is 0 Å². The van der Waals surface area contributed by atoms with Crippen LogP contribution in [0.15, 0.2) is 0 Å². The van der Waals surface area contributed by atoms with Crippen LogP contribution in [0.1, 0.15) is 34.6 Å². The second kappa shape index (κ2) is 19.5. The van der Waals surface area contributed by atoms with Gasteiger partial charge in [-0.25, -0.2) is 0 Å². The Hall–Kier alpha value is -1.22. The van der Waals surface area contributed by atoms with E-state index < -0.39 is 5.97 Å². The number of carboxylic acids is 1. The lowest BCUT2D eigenvalue weighted by Gasteiger charge is -2.24. The molecule has 3 N–H and O–H groups in total. The van der Waals surface area contributed by atoms with E-state index in [1.807, 2.05) is 39.6 Å². The third-order valence-corrected chi connectivity index (χ3v) is 4.07. The standard InChI is InChI=1S/C15H31N5O3.2C2H6/c1-3-18-6-8-19(12-14(21)17-5-4-16-2)10-11-20(9-7-18)13-15(22)23;2*1-2/h16H,3-13H2,1-2H3,(H,17,21)(H,22,23);2*1-2H3. The van der Waals surface area contributed by atoms with Gasteiger partial charge in [-0.05, 0) is 13.6 Å². The second-order valence-electron chi connectivity index (χ2n) is 5.83. The average molecular weight is 390 g/mol. The van der Waals surface area contributed by atoms with Crippen molar-refractivity contribution in [2.75, 3.05) is 79.0 Å². The van der Waals surface area contributed by atoms with Gasteiger partial charge in [0.1, 0.15) is 0 Å². The number of nitrogens with zero attached hydrogens (tertiary/aromatic N) is 3. The molecule has 8 heteroatoms. The van der Waals surface area contributed by atoms with Gasteiger partial charge in [0, 0.05) is 52.4 Å². The average Bonchev–Trinajstić information content (AvgIpc) is 2.76. The molecule has 1 aliphatic rings. The maximum atomic E-state index is 12.0. The number of likely N-dealkylation sites (N-methyl/N-ethyl adjacent to an activating group) is 2. The van der Waals surface area contributed by atoms with E-state index in [2.05, 4.69) is 27.4 Å². The largest absolute Gasteiger partial charge is 0.480 e. The molecule has 0 radical (unpaired) electrons. The molecular weight excluding hydrogens is 346 g/mol. The molecule has 8 nitrogen and oxygen atoms in total. The number of carboxylic acid groups (broad SMARTS) is 1. The molecule has 0 bridgehead atoms. The highest BCUT2D eigenvalue weighted by molar-refractivity contribution is 5.78. The van der Waals surface area contributed by atoms with Crippen LogP contribution in [0.25, 0.3) is 0 Å². The van der Waals surface area contributed by atoms with Gasteiger partial charge in [0.2, 0.25) is 5.91 Å². The molecule has 0 aliphatic carbocycles. The fourth-order valence-corrected chi connectivity index (χ4v) is 2.59. The Labute approximate surface area is 166 Å². The zero-order chi connectivity index (χ0) is 21.1. The van der Waals surface area contributed by atoms with Crippen molar-refractivity contribution in [2.24, 2.45) is 0 Å². The molecular formula is C19H43N5O3. The first-order valence-electron chi connectivity index (χ1n) is 10.3. The Morgan fingerprint density at radius 1 is 0.815 bits per heavy atom. The highest BCUT2D eigenvalue weighted by Gasteiger charge is 2.18. The zero-order valence-electron chi connectivity index (χ0n) is 18.4. The lowest BCUT2D eigenvalue weighted by atomic mass is 10.4. The van der Waals surface area contributed by atoms with Gasteiger partial charge in [-0.15, -0.1) is 0 Å². The number of rotatable bonds is 8. The number of aliphatic carboxylic acids is 1. The summed E-state index contributed by atoms with van der Waals surface area (Å²) in [6, 6.07) is 0. The first-order valence-corrected chi connectivity index (χ1v) is 10.3. The highest BCUT2D eigenvalue weighted by atomic mass is 16.4. The van der Waals surface area contributed by atoms with Crippen LogP contribution in [0, 0.1) is 0 Å². The van der Waals surface area contributed by atoms with Crippen LogP contribution in [0.5, 0.6) is 0 Å². The van der Waals surface area contributed by atoms with E-state index in [9.17, 15) is 9.59 Å². The Kier molecular flexibility index (Phi) is 20.3. The van der Waals surface area contributed by atoms with Crippen LogP contribution in [0.4, 0.5) is 0 Å². The molecule has 162 valence electrons. The molecule has 1 saturated heterocycles. The van der Waals surface area contributed by atoms with Gasteiger partial charge in [0.25, 0.3) is 0 Å². The molecule has 1 aliphatic heterocycles. The van der Waals surface area contributed by atoms with Gasteiger partial charge in [-0.2, -0.15) is 0 Å². The van der Waals surface area contributed by atoms with Crippen LogP contribution >= 0.6 is 0 Å². The van der Waals surface area contributed by atoms with E-state index in [1.54, 1.807) is 0 Å². The van der Waals surface area contributed by atoms with Gasteiger partial charge in [0.05, 0.1) is 13.1 Å². The fraction of sp³-hybridized carbons (Fsp3) is 0.895. The predicted molar refractivity (Wildman–Crippen MR) is 112 cm³/mol. The first-order chi connectivity index (χ1) is 13.0. The summed E-state index contributed by atoms with van der Waals surface area (Å²) in [4.78, 5) is 29.3. The molecule has 0 aromatic rings. The normalized spacial score (nSPS) is 16.5. The van der Waals surface area contributed by atoms with Gasteiger partial charge in [-0.3, -0.25) is 19.4 Å². The minimum Gasteiger partial charge on any atom is -0.480 e. The first kappa shape index (κ1) is 28.0. The number of carbonyl (C=O) groups excluding carboxylic acids is 1. The SMILES string of the molecule is CC.CC.CCN1CCN(CC(=O)O)CCN(CC(=O)NCCNC)CC1. The number of amides is 1. The van der Waals surface area contributed by atoms with Crippen LogP contribution in [0.2, 0.25) is 0 Å². The van der Waals surface area contributed by atoms with Crippen molar-refractivity contribution in [1.82, 2.24) is 25.3 Å². The van der Waals surface area contributed by atoms with Crippen molar-refractivity contribution >= 4 is 11.9 Å². The molecule has 0 saturated carbocycles. The zero-order valence-corrected chi connectivity index (χ0v) is 18.4. The highest BCUT2D eigenvalue weighted by Crippen LogP contribution is 2.00. The van der Waals surface area contributed by atoms with Gasteiger partial charge in [0.15, 0.2) is 0 Å². The summed E-state index contributed by atoms with van der Waals surface area (Å²) in [5.74, 6) is -0.781. The third kappa shape index (κ3) is 15.5. The fourth-order valence-electron chi connectivity index (χ4n) is 2.59. The molecule has 1 fully saturated rings. The van der Waals surface area contributed by atoms with Crippen molar-refractivity contribution in [1.29, 1.82) is 0 Å². The monoisotopic (exact) mass is 389 g/mol. The van der Waals surface area contributed by atoms with Gasteiger partial charge >= 0.3 is 5.97 Å². The van der Waals surface area contributed by atoms with Crippen LogP contribution in [-0.4, -0.2) is 111 Å². The third-order valence-electron chi connectivity index (χ3n) is 4.07. The number of hydrogen-bond acceptors (Lipinski definition) is 6.